The quantitative estimate of drug-likeness (QED) is 0.881. The zero-order chi connectivity index (χ0) is 15.6. The average Bonchev–Trinajstić information content (AvgIpc) is 2.98. The van der Waals surface area contributed by atoms with E-state index < -0.39 is 6.10 Å². The Kier molecular flexibility index (Phi) is 4.67. The molecule has 0 saturated heterocycles. The number of aliphatic hydroxyl groups excluding tert-OH is 1. The van der Waals surface area contributed by atoms with Crippen LogP contribution in [0.15, 0.2) is 6.07 Å². The Bertz CT molecular complexity index is 615. The lowest BCUT2D eigenvalue weighted by molar-refractivity contribution is 0.169. The molecule has 1 unspecified atom stereocenters. The lowest BCUT2D eigenvalue weighted by atomic mass is 10.0. The fourth-order valence-corrected chi connectivity index (χ4v) is 2.71. The zero-order valence-electron chi connectivity index (χ0n) is 13.4. The lowest BCUT2D eigenvalue weighted by Crippen LogP contribution is -2.10. The molecule has 2 heterocycles. The molecule has 0 aliphatic carbocycles. The van der Waals surface area contributed by atoms with Crippen molar-refractivity contribution in [2.24, 2.45) is 7.05 Å². The molecule has 2 aromatic heterocycles. The van der Waals surface area contributed by atoms with E-state index in [1.165, 1.54) is 0 Å². The molecule has 0 bridgehead atoms. The summed E-state index contributed by atoms with van der Waals surface area (Å²) >= 11 is 0. The van der Waals surface area contributed by atoms with Crippen LogP contribution >= 0.6 is 0 Å². The fourth-order valence-electron chi connectivity index (χ4n) is 2.71. The Labute approximate surface area is 125 Å². The third-order valence-electron chi connectivity index (χ3n) is 3.72. The summed E-state index contributed by atoms with van der Waals surface area (Å²) in [7, 11) is 3.41. The van der Waals surface area contributed by atoms with E-state index >= 15 is 0 Å². The summed E-state index contributed by atoms with van der Waals surface area (Å²) in [5.41, 5.74) is 3.63. The van der Waals surface area contributed by atoms with E-state index in [0.717, 1.165) is 35.6 Å². The molecule has 116 valence electrons. The molecule has 2 rings (SSSR count). The number of nitrogens with zero attached hydrogens (tertiary/aromatic N) is 4. The van der Waals surface area contributed by atoms with E-state index in [2.05, 4.69) is 30.1 Å². The highest BCUT2D eigenvalue weighted by Gasteiger charge is 2.23. The Balaban J connectivity index is 2.30. The maximum Gasteiger partial charge on any atom is 0.217 e. The number of aliphatic hydroxyl groups is 1. The highest BCUT2D eigenvalue weighted by molar-refractivity contribution is 5.34. The summed E-state index contributed by atoms with van der Waals surface area (Å²) in [6, 6.07) is 2.06. The minimum atomic E-state index is -0.652. The van der Waals surface area contributed by atoms with Crippen LogP contribution in [0.3, 0.4) is 0 Å². The first-order valence-corrected chi connectivity index (χ1v) is 7.32. The van der Waals surface area contributed by atoms with Crippen LogP contribution in [0.5, 0.6) is 5.88 Å². The molecule has 21 heavy (non-hydrogen) atoms. The van der Waals surface area contributed by atoms with Gasteiger partial charge in [-0.2, -0.15) is 10.2 Å². The van der Waals surface area contributed by atoms with Crippen molar-refractivity contribution < 1.29 is 9.84 Å². The molecular formula is C15H24N4O2. The molecule has 6 heteroatoms. The molecule has 0 aliphatic heterocycles. The van der Waals surface area contributed by atoms with Crippen molar-refractivity contribution in [2.75, 3.05) is 7.11 Å². The second kappa shape index (κ2) is 6.30. The van der Waals surface area contributed by atoms with Crippen LogP contribution in [0.4, 0.5) is 0 Å². The monoisotopic (exact) mass is 292 g/mol. The van der Waals surface area contributed by atoms with Crippen LogP contribution in [-0.2, 0) is 26.4 Å². The molecule has 1 N–H and O–H groups in total. The summed E-state index contributed by atoms with van der Waals surface area (Å²) in [6.07, 6.45) is 0.745. The normalized spacial score (nSPS) is 12.7. The maximum absolute atomic E-state index is 10.6. The van der Waals surface area contributed by atoms with Gasteiger partial charge in [-0.25, -0.2) is 4.68 Å². The molecule has 0 amide bonds. The molecule has 2 aromatic rings. The van der Waals surface area contributed by atoms with E-state index in [-0.39, 0.29) is 0 Å². The summed E-state index contributed by atoms with van der Waals surface area (Å²) in [6.45, 7) is 6.82. The van der Waals surface area contributed by atoms with Crippen molar-refractivity contribution in [3.05, 3.63) is 28.7 Å². The Morgan fingerprint density at radius 2 is 2.05 bits per heavy atom. The minimum Gasteiger partial charge on any atom is -0.481 e. The van der Waals surface area contributed by atoms with Gasteiger partial charge in [0.1, 0.15) is 0 Å². The average molecular weight is 292 g/mol. The standard InChI is InChI=1S/C15H24N4O2/c1-6-11-8-12(19(7-2)17-11)9-13(20)14-10(3)16-18(4)15(14)21-5/h8,13,20H,6-7,9H2,1-5H3. The van der Waals surface area contributed by atoms with Gasteiger partial charge >= 0.3 is 0 Å². The number of ether oxygens (including phenoxy) is 1. The third-order valence-corrected chi connectivity index (χ3v) is 3.72. The van der Waals surface area contributed by atoms with Gasteiger partial charge in [0.25, 0.3) is 0 Å². The van der Waals surface area contributed by atoms with Crippen molar-refractivity contribution in [3.63, 3.8) is 0 Å². The molecule has 0 fully saturated rings. The van der Waals surface area contributed by atoms with E-state index in [1.807, 2.05) is 18.7 Å². The largest absolute Gasteiger partial charge is 0.481 e. The van der Waals surface area contributed by atoms with Gasteiger partial charge in [-0.1, -0.05) is 6.92 Å². The van der Waals surface area contributed by atoms with Crippen molar-refractivity contribution in [2.45, 2.75) is 46.3 Å². The lowest BCUT2D eigenvalue weighted by Gasteiger charge is -2.13. The van der Waals surface area contributed by atoms with Crippen LogP contribution in [0, 0.1) is 6.92 Å². The second-order valence-corrected chi connectivity index (χ2v) is 5.15. The van der Waals surface area contributed by atoms with Crippen LogP contribution in [0.1, 0.15) is 42.6 Å². The molecule has 0 radical (unpaired) electrons. The topological polar surface area (TPSA) is 65.1 Å². The van der Waals surface area contributed by atoms with Gasteiger partial charge in [-0.15, -0.1) is 0 Å². The zero-order valence-corrected chi connectivity index (χ0v) is 13.4. The first kappa shape index (κ1) is 15.6. The van der Waals surface area contributed by atoms with Crippen molar-refractivity contribution in [3.8, 4) is 5.88 Å². The number of methoxy groups -OCH3 is 1. The van der Waals surface area contributed by atoms with Crippen molar-refractivity contribution in [1.29, 1.82) is 0 Å². The number of aryl methyl sites for hydroxylation is 4. The van der Waals surface area contributed by atoms with Crippen LogP contribution < -0.4 is 4.74 Å². The molecule has 0 saturated carbocycles. The van der Waals surface area contributed by atoms with Gasteiger partial charge in [-0.3, -0.25) is 4.68 Å². The van der Waals surface area contributed by atoms with E-state index in [9.17, 15) is 5.11 Å². The highest BCUT2D eigenvalue weighted by atomic mass is 16.5. The van der Waals surface area contributed by atoms with Gasteiger partial charge in [0.15, 0.2) is 0 Å². The summed E-state index contributed by atoms with van der Waals surface area (Å²) in [5, 5.41) is 19.4. The molecule has 1 atom stereocenters. The van der Waals surface area contributed by atoms with E-state index in [4.69, 9.17) is 4.74 Å². The van der Waals surface area contributed by atoms with Crippen LogP contribution in [0.2, 0.25) is 0 Å². The fraction of sp³-hybridized carbons (Fsp3) is 0.600. The molecule has 0 aromatic carbocycles. The number of rotatable bonds is 6. The predicted octanol–water partition coefficient (Wildman–Crippen LogP) is 1.79. The van der Waals surface area contributed by atoms with Gasteiger partial charge in [0, 0.05) is 25.7 Å². The molecule has 6 nitrogen and oxygen atoms in total. The van der Waals surface area contributed by atoms with Gasteiger partial charge in [-0.05, 0) is 26.3 Å². The summed E-state index contributed by atoms with van der Waals surface area (Å²) in [5.74, 6) is 0.610. The van der Waals surface area contributed by atoms with E-state index in [0.29, 0.717) is 12.3 Å². The van der Waals surface area contributed by atoms with Crippen LogP contribution in [-0.4, -0.2) is 31.8 Å². The SMILES string of the molecule is CCc1cc(CC(O)c2c(C)nn(C)c2OC)n(CC)n1. The first-order chi connectivity index (χ1) is 10.0. The van der Waals surface area contributed by atoms with Crippen LogP contribution in [0.25, 0.3) is 0 Å². The smallest absolute Gasteiger partial charge is 0.217 e. The maximum atomic E-state index is 10.6. The summed E-state index contributed by atoms with van der Waals surface area (Å²) in [4.78, 5) is 0. The molecular weight excluding hydrogens is 268 g/mol. The molecule has 0 spiro atoms. The van der Waals surface area contributed by atoms with Crippen molar-refractivity contribution in [1.82, 2.24) is 19.6 Å². The number of aromatic nitrogens is 4. The number of hydrogen-bond donors (Lipinski definition) is 1. The number of hydrogen-bond acceptors (Lipinski definition) is 4. The second-order valence-electron chi connectivity index (χ2n) is 5.15. The third kappa shape index (κ3) is 2.95. The van der Waals surface area contributed by atoms with Gasteiger partial charge in [0.05, 0.1) is 30.2 Å². The van der Waals surface area contributed by atoms with E-state index in [1.54, 1.807) is 11.8 Å². The van der Waals surface area contributed by atoms with Crippen molar-refractivity contribution >= 4 is 0 Å². The Morgan fingerprint density at radius 3 is 2.62 bits per heavy atom. The highest BCUT2D eigenvalue weighted by Crippen LogP contribution is 2.30. The molecule has 0 aliphatic rings. The van der Waals surface area contributed by atoms with Gasteiger partial charge < -0.3 is 9.84 Å². The Hall–Kier alpha value is -1.82. The minimum absolute atomic E-state index is 0.504. The van der Waals surface area contributed by atoms with Gasteiger partial charge in [0.2, 0.25) is 5.88 Å². The Morgan fingerprint density at radius 1 is 1.33 bits per heavy atom. The first-order valence-electron chi connectivity index (χ1n) is 7.32. The predicted molar refractivity (Wildman–Crippen MR) is 80.4 cm³/mol. The summed E-state index contributed by atoms with van der Waals surface area (Å²) < 4.78 is 8.96.